The number of nitrogens with zero attached hydrogens (tertiary/aromatic N) is 2. The van der Waals surface area contributed by atoms with Crippen LogP contribution in [0, 0.1) is 0 Å². The maximum absolute atomic E-state index is 5.74. The molecule has 1 aliphatic heterocycles. The zero-order valence-corrected chi connectivity index (χ0v) is 13.3. The van der Waals surface area contributed by atoms with Crippen LogP contribution in [0.3, 0.4) is 0 Å². The van der Waals surface area contributed by atoms with Crippen molar-refractivity contribution in [2.24, 2.45) is 0 Å². The minimum absolute atomic E-state index is 0.578. The van der Waals surface area contributed by atoms with Crippen LogP contribution < -0.4 is 14.8 Å². The highest BCUT2D eigenvalue weighted by Crippen LogP contribution is 2.37. The van der Waals surface area contributed by atoms with Crippen LogP contribution in [0.15, 0.2) is 60.9 Å². The van der Waals surface area contributed by atoms with Crippen LogP contribution in [0.4, 0.5) is 5.69 Å². The molecule has 1 aliphatic rings. The second-order valence-electron chi connectivity index (χ2n) is 5.64. The van der Waals surface area contributed by atoms with Crippen LogP contribution in [0.25, 0.3) is 0 Å². The summed E-state index contributed by atoms with van der Waals surface area (Å²) in [7, 11) is 0. The monoisotopic (exact) mass is 321 g/mol. The fourth-order valence-electron chi connectivity index (χ4n) is 2.82. The first-order valence-electron chi connectivity index (χ1n) is 8.06. The Morgan fingerprint density at radius 1 is 1.00 bits per heavy atom. The number of hydrogen-bond donors (Lipinski definition) is 1. The molecular weight excluding hydrogens is 302 g/mol. The first-order valence-corrected chi connectivity index (χ1v) is 8.06. The molecule has 122 valence electrons. The number of anilines is 1. The molecule has 0 atom stereocenters. The molecule has 0 radical (unpaired) electrons. The molecule has 2 aromatic carbocycles. The quantitative estimate of drug-likeness (QED) is 0.783. The van der Waals surface area contributed by atoms with Gasteiger partial charge in [0.2, 0.25) is 0 Å². The molecule has 0 fully saturated rings. The fraction of sp³-hybridized carbons (Fsp3) is 0.211. The van der Waals surface area contributed by atoms with Crippen molar-refractivity contribution in [3.05, 3.63) is 72.3 Å². The molecule has 5 heteroatoms. The molecule has 0 amide bonds. The Labute approximate surface area is 140 Å². The summed E-state index contributed by atoms with van der Waals surface area (Å²) in [5, 5.41) is 3.41. The van der Waals surface area contributed by atoms with E-state index in [0.717, 1.165) is 29.6 Å². The van der Waals surface area contributed by atoms with Crippen LogP contribution >= 0.6 is 0 Å². The molecular formula is C19H19N3O2. The van der Waals surface area contributed by atoms with Gasteiger partial charge in [-0.25, -0.2) is 4.98 Å². The van der Waals surface area contributed by atoms with Crippen molar-refractivity contribution in [1.82, 2.24) is 9.55 Å². The van der Waals surface area contributed by atoms with Gasteiger partial charge in [0.25, 0.3) is 0 Å². The number of fused-ring (bicyclic) bond motifs is 1. The lowest BCUT2D eigenvalue weighted by atomic mass is 10.2. The zero-order chi connectivity index (χ0) is 16.2. The van der Waals surface area contributed by atoms with Gasteiger partial charge in [-0.15, -0.1) is 0 Å². The van der Waals surface area contributed by atoms with E-state index in [1.807, 2.05) is 36.7 Å². The van der Waals surface area contributed by atoms with Gasteiger partial charge in [0.05, 0.1) is 12.2 Å². The Hall–Kier alpha value is -2.95. The maximum Gasteiger partial charge on any atom is 0.184 e. The number of nitrogens with one attached hydrogen (secondary N) is 1. The zero-order valence-electron chi connectivity index (χ0n) is 13.3. The van der Waals surface area contributed by atoms with Crippen molar-refractivity contribution in [2.45, 2.75) is 13.1 Å². The van der Waals surface area contributed by atoms with E-state index >= 15 is 0 Å². The predicted octanol–water partition coefficient (Wildman–Crippen LogP) is 3.31. The summed E-state index contributed by atoms with van der Waals surface area (Å²) in [6, 6.07) is 16.3. The van der Waals surface area contributed by atoms with Gasteiger partial charge >= 0.3 is 0 Å². The van der Waals surface area contributed by atoms with Crippen LogP contribution in [0.2, 0.25) is 0 Å². The molecule has 24 heavy (non-hydrogen) atoms. The minimum atomic E-state index is 0.578. The summed E-state index contributed by atoms with van der Waals surface area (Å²) in [5.41, 5.74) is 2.19. The Morgan fingerprint density at radius 3 is 2.79 bits per heavy atom. The number of imidazole rings is 1. The van der Waals surface area contributed by atoms with Crippen molar-refractivity contribution < 1.29 is 9.47 Å². The predicted molar refractivity (Wildman–Crippen MR) is 92.5 cm³/mol. The molecule has 2 heterocycles. The first kappa shape index (κ1) is 14.6. The highest BCUT2D eigenvalue weighted by molar-refractivity contribution is 5.63. The molecule has 4 rings (SSSR count). The molecule has 1 aromatic heterocycles. The summed E-state index contributed by atoms with van der Waals surface area (Å²) in [5.74, 6) is 2.55. The van der Waals surface area contributed by atoms with Crippen molar-refractivity contribution >= 4 is 5.69 Å². The third-order valence-corrected chi connectivity index (χ3v) is 4.00. The Kier molecular flexibility index (Phi) is 4.06. The van der Waals surface area contributed by atoms with Crippen molar-refractivity contribution in [1.29, 1.82) is 0 Å². The second-order valence-corrected chi connectivity index (χ2v) is 5.64. The molecule has 5 nitrogen and oxygen atoms in total. The minimum Gasteiger partial charge on any atom is -0.486 e. The summed E-state index contributed by atoms with van der Waals surface area (Å²) in [6.45, 7) is 2.61. The number of aromatic nitrogens is 2. The second kappa shape index (κ2) is 6.66. The summed E-state index contributed by atoms with van der Waals surface area (Å²) in [4.78, 5) is 4.47. The normalized spacial score (nSPS) is 12.8. The summed E-state index contributed by atoms with van der Waals surface area (Å²) < 4.78 is 13.5. The first-order chi connectivity index (χ1) is 11.9. The molecule has 0 aliphatic carbocycles. The van der Waals surface area contributed by atoms with Crippen LogP contribution in [-0.2, 0) is 13.1 Å². The Balaban J connectivity index is 1.48. The molecule has 0 bridgehead atoms. The molecule has 0 unspecified atom stereocenters. The number of rotatable bonds is 5. The summed E-state index contributed by atoms with van der Waals surface area (Å²) >= 11 is 0. The van der Waals surface area contributed by atoms with E-state index in [4.69, 9.17) is 9.47 Å². The van der Waals surface area contributed by atoms with Gasteiger partial charge in [-0.1, -0.05) is 36.4 Å². The van der Waals surface area contributed by atoms with Crippen molar-refractivity contribution in [3.63, 3.8) is 0 Å². The Morgan fingerprint density at radius 2 is 1.88 bits per heavy atom. The molecule has 0 saturated heterocycles. The van der Waals surface area contributed by atoms with Gasteiger partial charge in [0, 0.05) is 18.9 Å². The van der Waals surface area contributed by atoms with E-state index < -0.39 is 0 Å². The molecule has 0 spiro atoms. The molecule has 3 aromatic rings. The average molecular weight is 321 g/mol. The lowest BCUT2D eigenvalue weighted by Gasteiger charge is -2.21. The Bertz CT molecular complexity index is 814. The van der Waals surface area contributed by atoms with Gasteiger partial charge in [0.1, 0.15) is 19.0 Å². The third kappa shape index (κ3) is 3.06. The summed E-state index contributed by atoms with van der Waals surface area (Å²) in [6.07, 6.45) is 3.84. The van der Waals surface area contributed by atoms with Crippen LogP contribution in [0.1, 0.15) is 11.4 Å². The smallest absolute Gasteiger partial charge is 0.184 e. The highest BCUT2D eigenvalue weighted by Gasteiger charge is 2.15. The lowest BCUT2D eigenvalue weighted by Crippen LogP contribution is -2.17. The molecule has 0 saturated carbocycles. The number of ether oxygens (including phenoxy) is 2. The van der Waals surface area contributed by atoms with E-state index in [2.05, 4.69) is 39.1 Å². The van der Waals surface area contributed by atoms with E-state index in [1.165, 1.54) is 5.56 Å². The van der Waals surface area contributed by atoms with Crippen LogP contribution in [0.5, 0.6) is 11.5 Å². The maximum atomic E-state index is 5.74. The van der Waals surface area contributed by atoms with E-state index in [-0.39, 0.29) is 0 Å². The third-order valence-electron chi connectivity index (χ3n) is 4.00. The number of para-hydroxylation sites is 1. The van der Waals surface area contributed by atoms with E-state index in [1.54, 1.807) is 0 Å². The lowest BCUT2D eigenvalue weighted by molar-refractivity contribution is 0.172. The van der Waals surface area contributed by atoms with Gasteiger partial charge in [-0.2, -0.15) is 0 Å². The molecule has 1 N–H and O–H groups in total. The SMILES string of the molecule is c1ccc(Cn2ccnc2CNc2cccc3c2OCCO3)cc1. The number of benzene rings is 2. The van der Waals surface area contributed by atoms with E-state index in [9.17, 15) is 0 Å². The van der Waals surface area contributed by atoms with Crippen molar-refractivity contribution in [2.75, 3.05) is 18.5 Å². The van der Waals surface area contributed by atoms with Gasteiger partial charge in [0.15, 0.2) is 11.5 Å². The van der Waals surface area contributed by atoms with Gasteiger partial charge < -0.3 is 19.4 Å². The largest absolute Gasteiger partial charge is 0.486 e. The van der Waals surface area contributed by atoms with Crippen molar-refractivity contribution in [3.8, 4) is 11.5 Å². The van der Waals surface area contributed by atoms with Gasteiger partial charge in [-0.3, -0.25) is 0 Å². The van der Waals surface area contributed by atoms with E-state index in [0.29, 0.717) is 19.8 Å². The number of hydrogen-bond acceptors (Lipinski definition) is 4. The topological polar surface area (TPSA) is 48.3 Å². The fourth-order valence-corrected chi connectivity index (χ4v) is 2.82. The van der Waals surface area contributed by atoms with Gasteiger partial charge in [-0.05, 0) is 17.7 Å². The van der Waals surface area contributed by atoms with Crippen LogP contribution in [-0.4, -0.2) is 22.8 Å². The standard InChI is InChI=1S/C19H19N3O2/c1-2-5-15(6-3-1)14-22-10-9-20-18(22)13-21-16-7-4-8-17-19(16)24-12-11-23-17/h1-10,21H,11-14H2. The average Bonchev–Trinajstić information content (AvgIpc) is 3.08. The highest BCUT2D eigenvalue weighted by atomic mass is 16.6.